The van der Waals surface area contributed by atoms with E-state index in [4.69, 9.17) is 19.3 Å². The summed E-state index contributed by atoms with van der Waals surface area (Å²) in [6, 6.07) is 2.08. The van der Waals surface area contributed by atoms with Gasteiger partial charge in [0.25, 0.3) is 11.1 Å². The lowest BCUT2D eigenvalue weighted by molar-refractivity contribution is -0.150. The molecule has 0 radical (unpaired) electrons. The molecule has 2 rings (SSSR count). The van der Waals surface area contributed by atoms with Crippen molar-refractivity contribution in [3.8, 4) is 11.5 Å². The number of nitrogens with zero attached hydrogens (tertiary/aromatic N) is 1. The molecule has 29 heavy (non-hydrogen) atoms. The molecule has 1 aliphatic rings. The van der Waals surface area contributed by atoms with E-state index in [1.807, 2.05) is 0 Å². The topological polar surface area (TPSA) is 119 Å². The monoisotopic (exact) mass is 487 g/mol. The highest BCUT2D eigenvalue weighted by Gasteiger charge is 2.41. The standard InChI is InChI=1S/C18H18BrNO8S/c1-4-27-17(24)9(2)20-16(23)13(29-18(20)25)7-10-5-11(19)15(12(6-10)26-3)28-8-14(21)22/h5-7,9H,4,8H2,1-3H3,(H,21,22)/b13-7+/t9-/m0/s1. The van der Waals surface area contributed by atoms with E-state index in [1.54, 1.807) is 13.0 Å². The van der Waals surface area contributed by atoms with Crippen molar-refractivity contribution in [2.75, 3.05) is 20.3 Å². The molecule has 1 aliphatic heterocycles. The molecule has 1 aromatic carbocycles. The molecule has 1 N–H and O–H groups in total. The first-order chi connectivity index (χ1) is 13.7. The summed E-state index contributed by atoms with van der Waals surface area (Å²) < 4.78 is 15.7. The number of esters is 1. The molecule has 1 atom stereocenters. The van der Waals surface area contributed by atoms with E-state index in [2.05, 4.69) is 15.9 Å². The maximum absolute atomic E-state index is 12.6. The number of ether oxygens (including phenoxy) is 3. The van der Waals surface area contributed by atoms with Gasteiger partial charge in [0.15, 0.2) is 18.1 Å². The van der Waals surface area contributed by atoms with E-state index >= 15 is 0 Å². The van der Waals surface area contributed by atoms with E-state index < -0.39 is 35.7 Å². The quantitative estimate of drug-likeness (QED) is 0.435. The van der Waals surface area contributed by atoms with Crippen LogP contribution in [0.3, 0.4) is 0 Å². The average Bonchev–Trinajstić information content (AvgIpc) is 2.93. The lowest BCUT2D eigenvalue weighted by Gasteiger charge is -2.19. The second-order valence-electron chi connectivity index (χ2n) is 5.70. The number of imide groups is 1. The van der Waals surface area contributed by atoms with Gasteiger partial charge in [0.1, 0.15) is 6.04 Å². The SMILES string of the molecule is CCOC(=O)[C@H](C)N1C(=O)S/C(=C/c2cc(Br)c(OCC(=O)O)c(OC)c2)C1=O. The number of aliphatic carboxylic acids is 1. The Labute approximate surface area is 179 Å². The van der Waals surface area contributed by atoms with Crippen LogP contribution in [0.15, 0.2) is 21.5 Å². The van der Waals surface area contributed by atoms with Crippen LogP contribution in [0.1, 0.15) is 19.4 Å². The Morgan fingerprint density at radius 3 is 2.62 bits per heavy atom. The van der Waals surface area contributed by atoms with Gasteiger partial charge in [-0.05, 0) is 65.3 Å². The highest BCUT2D eigenvalue weighted by atomic mass is 79.9. The van der Waals surface area contributed by atoms with Gasteiger partial charge in [-0.1, -0.05) is 0 Å². The third-order valence-electron chi connectivity index (χ3n) is 3.73. The molecule has 2 amide bonds. The van der Waals surface area contributed by atoms with Crippen molar-refractivity contribution < 1.29 is 38.5 Å². The number of carboxylic acid groups (broad SMARTS) is 1. The second kappa shape index (κ2) is 9.79. The number of amides is 2. The van der Waals surface area contributed by atoms with Gasteiger partial charge in [0.05, 0.1) is 23.1 Å². The first-order valence-electron chi connectivity index (χ1n) is 8.35. The number of hydrogen-bond acceptors (Lipinski definition) is 8. The van der Waals surface area contributed by atoms with Crippen molar-refractivity contribution in [1.29, 1.82) is 0 Å². The molecule has 0 aromatic heterocycles. The Morgan fingerprint density at radius 1 is 1.34 bits per heavy atom. The van der Waals surface area contributed by atoms with E-state index in [0.29, 0.717) is 21.8 Å². The van der Waals surface area contributed by atoms with Crippen LogP contribution in [0.25, 0.3) is 6.08 Å². The predicted molar refractivity (Wildman–Crippen MR) is 108 cm³/mol. The number of rotatable bonds is 8. The highest BCUT2D eigenvalue weighted by Crippen LogP contribution is 2.39. The van der Waals surface area contributed by atoms with Gasteiger partial charge in [-0.25, -0.2) is 9.59 Å². The molecule has 0 bridgehead atoms. The molecule has 156 valence electrons. The van der Waals surface area contributed by atoms with E-state index in [-0.39, 0.29) is 23.0 Å². The van der Waals surface area contributed by atoms with E-state index in [1.165, 1.54) is 26.2 Å². The predicted octanol–water partition coefficient (Wildman–Crippen LogP) is 2.91. The van der Waals surface area contributed by atoms with Gasteiger partial charge in [0, 0.05) is 0 Å². The highest BCUT2D eigenvalue weighted by molar-refractivity contribution is 9.10. The molecule has 1 heterocycles. The maximum Gasteiger partial charge on any atom is 0.341 e. The molecule has 1 aromatic rings. The average molecular weight is 488 g/mol. The number of carboxylic acids is 1. The second-order valence-corrected chi connectivity index (χ2v) is 7.54. The zero-order valence-electron chi connectivity index (χ0n) is 15.8. The molecule has 0 unspecified atom stereocenters. The van der Waals surface area contributed by atoms with Crippen molar-refractivity contribution in [3.05, 3.63) is 27.1 Å². The fourth-order valence-electron chi connectivity index (χ4n) is 2.43. The number of thioether (sulfide) groups is 1. The van der Waals surface area contributed by atoms with Crippen LogP contribution in [0.4, 0.5) is 4.79 Å². The number of benzene rings is 1. The molecule has 9 nitrogen and oxygen atoms in total. The summed E-state index contributed by atoms with van der Waals surface area (Å²) in [5.41, 5.74) is 0.505. The minimum Gasteiger partial charge on any atom is -0.493 e. The Balaban J connectivity index is 2.31. The summed E-state index contributed by atoms with van der Waals surface area (Å²) in [6.45, 7) is 2.64. The number of methoxy groups -OCH3 is 1. The zero-order chi connectivity index (χ0) is 21.7. The lowest BCUT2D eigenvalue weighted by Crippen LogP contribution is -2.42. The molecule has 1 saturated heterocycles. The number of carbonyl (C=O) groups is 4. The lowest BCUT2D eigenvalue weighted by atomic mass is 10.1. The van der Waals surface area contributed by atoms with Gasteiger partial charge in [-0.2, -0.15) is 0 Å². The molecule has 0 spiro atoms. The van der Waals surface area contributed by atoms with E-state index in [9.17, 15) is 19.2 Å². The fourth-order valence-corrected chi connectivity index (χ4v) is 3.91. The molecule has 1 fully saturated rings. The number of halogens is 1. The normalized spacial score (nSPS) is 16.1. The third kappa shape index (κ3) is 5.30. The number of carbonyl (C=O) groups excluding carboxylic acids is 3. The van der Waals surface area contributed by atoms with Crippen molar-refractivity contribution in [2.45, 2.75) is 19.9 Å². The number of hydrogen-bond donors (Lipinski definition) is 1. The summed E-state index contributed by atoms with van der Waals surface area (Å²) in [7, 11) is 1.38. The van der Waals surface area contributed by atoms with Crippen LogP contribution in [0.2, 0.25) is 0 Å². The Kier molecular flexibility index (Phi) is 7.68. The van der Waals surface area contributed by atoms with Crippen molar-refractivity contribution in [2.24, 2.45) is 0 Å². The minimum atomic E-state index is -1.15. The Hall–Kier alpha value is -2.53. The van der Waals surface area contributed by atoms with Gasteiger partial charge < -0.3 is 19.3 Å². The largest absolute Gasteiger partial charge is 0.493 e. The summed E-state index contributed by atoms with van der Waals surface area (Å²) in [4.78, 5) is 48.5. The zero-order valence-corrected chi connectivity index (χ0v) is 18.2. The van der Waals surface area contributed by atoms with Crippen LogP contribution in [-0.2, 0) is 19.1 Å². The summed E-state index contributed by atoms with van der Waals surface area (Å²) >= 11 is 3.98. The molecular weight excluding hydrogens is 470 g/mol. The van der Waals surface area contributed by atoms with Crippen molar-refractivity contribution >= 4 is 56.9 Å². The summed E-state index contributed by atoms with van der Waals surface area (Å²) in [5, 5.41) is 8.19. The van der Waals surface area contributed by atoms with Crippen LogP contribution in [0, 0.1) is 0 Å². The first-order valence-corrected chi connectivity index (χ1v) is 9.96. The Morgan fingerprint density at radius 2 is 2.03 bits per heavy atom. The molecule has 11 heteroatoms. The molecular formula is C18H18BrNO8S. The maximum atomic E-state index is 12.6. The van der Waals surface area contributed by atoms with Gasteiger partial charge in [0.2, 0.25) is 0 Å². The minimum absolute atomic E-state index is 0.124. The molecule has 0 saturated carbocycles. The van der Waals surface area contributed by atoms with Crippen molar-refractivity contribution in [3.63, 3.8) is 0 Å². The summed E-state index contributed by atoms with van der Waals surface area (Å²) in [5.74, 6) is -1.99. The van der Waals surface area contributed by atoms with Gasteiger partial charge >= 0.3 is 11.9 Å². The van der Waals surface area contributed by atoms with Crippen molar-refractivity contribution in [1.82, 2.24) is 4.90 Å². The smallest absolute Gasteiger partial charge is 0.341 e. The van der Waals surface area contributed by atoms with Gasteiger partial charge in [-0.15, -0.1) is 0 Å². The summed E-state index contributed by atoms with van der Waals surface area (Å²) in [6.07, 6.45) is 1.47. The fraction of sp³-hybridized carbons (Fsp3) is 0.333. The Bertz CT molecular complexity index is 885. The van der Waals surface area contributed by atoms with Crippen LogP contribution >= 0.6 is 27.7 Å². The van der Waals surface area contributed by atoms with Crippen LogP contribution in [0.5, 0.6) is 11.5 Å². The first kappa shape index (κ1) is 22.8. The van der Waals surface area contributed by atoms with Gasteiger partial charge in [-0.3, -0.25) is 14.5 Å². The van der Waals surface area contributed by atoms with Crippen LogP contribution < -0.4 is 9.47 Å². The third-order valence-corrected chi connectivity index (χ3v) is 5.20. The van der Waals surface area contributed by atoms with Crippen LogP contribution in [-0.4, -0.2) is 59.5 Å². The van der Waals surface area contributed by atoms with E-state index in [0.717, 1.165) is 4.90 Å². The molecule has 0 aliphatic carbocycles.